The van der Waals surface area contributed by atoms with Crippen LogP contribution in [0.15, 0.2) is 18.3 Å². The summed E-state index contributed by atoms with van der Waals surface area (Å²) in [6, 6.07) is 2.00. The highest BCUT2D eigenvalue weighted by Gasteiger charge is 2.15. The van der Waals surface area contributed by atoms with E-state index in [0.29, 0.717) is 4.88 Å². The Morgan fingerprint density at radius 2 is 1.93 bits per heavy atom. The number of anilines is 1. The first-order valence-electron chi connectivity index (χ1n) is 3.95. The van der Waals surface area contributed by atoms with E-state index in [0.717, 1.165) is 23.5 Å². The van der Waals surface area contributed by atoms with Gasteiger partial charge in [-0.2, -0.15) is 0 Å². The van der Waals surface area contributed by atoms with Gasteiger partial charge in [0.1, 0.15) is 11.6 Å². The van der Waals surface area contributed by atoms with Crippen molar-refractivity contribution in [3.8, 4) is 10.4 Å². The van der Waals surface area contributed by atoms with Crippen LogP contribution in [0.25, 0.3) is 10.4 Å². The number of nitrogen functional groups attached to an aromatic ring is 1. The Morgan fingerprint density at radius 3 is 2.53 bits per heavy atom. The number of aromatic nitrogens is 1. The number of hydrogen-bond acceptors (Lipinski definition) is 3. The van der Waals surface area contributed by atoms with Crippen molar-refractivity contribution in [1.82, 2.24) is 4.98 Å². The molecule has 0 amide bonds. The lowest BCUT2D eigenvalue weighted by molar-refractivity contribution is 0.604. The fourth-order valence-electron chi connectivity index (χ4n) is 1.16. The van der Waals surface area contributed by atoms with Gasteiger partial charge in [0.05, 0.1) is 15.5 Å². The van der Waals surface area contributed by atoms with Crippen LogP contribution in [0.4, 0.5) is 13.9 Å². The molecule has 2 aromatic rings. The number of halogens is 3. The lowest BCUT2D eigenvalue weighted by Crippen LogP contribution is -1.87. The molecule has 78 valence electrons. The smallest absolute Gasteiger partial charge is 0.180 e. The molecular formula is C9H5ClF2N2S. The molecule has 15 heavy (non-hydrogen) atoms. The topological polar surface area (TPSA) is 38.9 Å². The normalized spacial score (nSPS) is 10.6. The molecule has 2 N–H and O–H groups in total. The van der Waals surface area contributed by atoms with Gasteiger partial charge in [0.2, 0.25) is 0 Å². The first kappa shape index (κ1) is 10.3. The van der Waals surface area contributed by atoms with Crippen molar-refractivity contribution in [3.05, 3.63) is 35.0 Å². The van der Waals surface area contributed by atoms with Crippen LogP contribution in [0.2, 0.25) is 5.02 Å². The number of rotatable bonds is 1. The fraction of sp³-hybridized carbons (Fsp3) is 0. The van der Waals surface area contributed by atoms with Gasteiger partial charge in [-0.3, -0.25) is 0 Å². The van der Waals surface area contributed by atoms with Gasteiger partial charge < -0.3 is 5.73 Å². The summed E-state index contributed by atoms with van der Waals surface area (Å²) < 4.78 is 26.5. The van der Waals surface area contributed by atoms with E-state index < -0.39 is 11.6 Å². The summed E-state index contributed by atoms with van der Waals surface area (Å²) >= 11 is 6.72. The molecule has 1 aromatic heterocycles. The molecule has 0 aliphatic heterocycles. The Morgan fingerprint density at radius 1 is 1.27 bits per heavy atom. The highest BCUT2D eigenvalue weighted by atomic mass is 35.5. The second-order valence-corrected chi connectivity index (χ2v) is 4.22. The van der Waals surface area contributed by atoms with Crippen molar-refractivity contribution in [1.29, 1.82) is 0 Å². The Balaban J connectivity index is 2.66. The summed E-state index contributed by atoms with van der Waals surface area (Å²) in [5, 5.41) is 0.0309. The third-order valence-electron chi connectivity index (χ3n) is 1.81. The Bertz CT molecular complexity index is 513. The van der Waals surface area contributed by atoms with Crippen molar-refractivity contribution in [3.63, 3.8) is 0 Å². The van der Waals surface area contributed by atoms with Crippen molar-refractivity contribution in [2.45, 2.75) is 0 Å². The maximum atomic E-state index is 13.4. The average molecular weight is 247 g/mol. The van der Waals surface area contributed by atoms with Crippen LogP contribution in [0, 0.1) is 11.6 Å². The molecule has 1 heterocycles. The van der Waals surface area contributed by atoms with E-state index in [-0.39, 0.29) is 15.7 Å². The molecule has 0 fully saturated rings. The van der Waals surface area contributed by atoms with Crippen molar-refractivity contribution in [2.75, 3.05) is 5.73 Å². The van der Waals surface area contributed by atoms with Crippen LogP contribution >= 0.6 is 22.9 Å². The molecule has 6 heteroatoms. The van der Waals surface area contributed by atoms with Crippen molar-refractivity contribution in [2.24, 2.45) is 0 Å². The molecule has 2 nitrogen and oxygen atoms in total. The van der Waals surface area contributed by atoms with Gasteiger partial charge in [0.15, 0.2) is 5.13 Å². The minimum absolute atomic E-state index is 0.00543. The molecule has 0 bridgehead atoms. The lowest BCUT2D eigenvalue weighted by Gasteiger charge is -2.03. The highest BCUT2D eigenvalue weighted by molar-refractivity contribution is 7.18. The van der Waals surface area contributed by atoms with E-state index in [1.807, 2.05) is 0 Å². The summed E-state index contributed by atoms with van der Waals surface area (Å²) in [6.07, 6.45) is 1.36. The Hall–Kier alpha value is -1.20. The minimum Gasteiger partial charge on any atom is -0.375 e. The van der Waals surface area contributed by atoms with E-state index in [1.54, 1.807) is 0 Å². The standard InChI is InChI=1S/C9H5ClF2N2S/c10-8-5(12)2-1-4(11)7(8)6-3-14-9(13)15-6/h1-3H,(H2,13,14). The SMILES string of the molecule is Nc1ncc(-c2c(F)ccc(F)c2Cl)s1. The fourth-order valence-corrected chi connectivity index (χ4v) is 2.20. The molecule has 0 saturated heterocycles. The molecule has 0 radical (unpaired) electrons. The first-order valence-corrected chi connectivity index (χ1v) is 5.14. The zero-order valence-corrected chi connectivity index (χ0v) is 8.87. The second-order valence-electron chi connectivity index (χ2n) is 2.78. The molecule has 0 saturated carbocycles. The summed E-state index contributed by atoms with van der Waals surface area (Å²) in [7, 11) is 0. The second kappa shape index (κ2) is 3.75. The van der Waals surface area contributed by atoms with Gasteiger partial charge in [-0.25, -0.2) is 13.8 Å². The molecule has 0 aliphatic carbocycles. The zero-order valence-electron chi connectivity index (χ0n) is 7.30. The van der Waals surface area contributed by atoms with E-state index in [4.69, 9.17) is 17.3 Å². The van der Waals surface area contributed by atoms with Gasteiger partial charge >= 0.3 is 0 Å². The highest BCUT2D eigenvalue weighted by Crippen LogP contribution is 2.36. The number of nitrogens with zero attached hydrogens (tertiary/aromatic N) is 1. The largest absolute Gasteiger partial charge is 0.375 e. The quantitative estimate of drug-likeness (QED) is 0.784. The van der Waals surface area contributed by atoms with E-state index in [1.165, 1.54) is 6.20 Å². The third-order valence-corrected chi connectivity index (χ3v) is 3.03. The maximum absolute atomic E-state index is 13.4. The lowest BCUT2D eigenvalue weighted by atomic mass is 10.2. The van der Waals surface area contributed by atoms with Gasteiger partial charge in [-0.15, -0.1) is 0 Å². The van der Waals surface area contributed by atoms with Crippen LogP contribution in [0.1, 0.15) is 0 Å². The molecular weight excluding hydrogens is 242 g/mol. The Kier molecular flexibility index (Phi) is 2.58. The monoisotopic (exact) mass is 246 g/mol. The summed E-state index contributed by atoms with van der Waals surface area (Å²) in [4.78, 5) is 4.17. The van der Waals surface area contributed by atoms with Crippen molar-refractivity contribution < 1.29 is 8.78 Å². The first-order chi connectivity index (χ1) is 7.09. The molecule has 0 atom stereocenters. The predicted molar refractivity (Wildman–Crippen MR) is 56.9 cm³/mol. The molecule has 1 aromatic carbocycles. The zero-order chi connectivity index (χ0) is 11.0. The van der Waals surface area contributed by atoms with Crippen LogP contribution < -0.4 is 5.73 Å². The van der Waals surface area contributed by atoms with Crippen LogP contribution in [0.3, 0.4) is 0 Å². The molecule has 0 spiro atoms. The predicted octanol–water partition coefficient (Wildman–Crippen LogP) is 3.32. The molecule has 2 rings (SSSR count). The van der Waals surface area contributed by atoms with Crippen LogP contribution in [-0.4, -0.2) is 4.98 Å². The van der Waals surface area contributed by atoms with Crippen LogP contribution in [-0.2, 0) is 0 Å². The van der Waals surface area contributed by atoms with Gasteiger partial charge in [0, 0.05) is 6.20 Å². The minimum atomic E-state index is -0.667. The summed E-state index contributed by atoms with van der Waals surface area (Å²) in [5.74, 6) is -1.26. The summed E-state index contributed by atoms with van der Waals surface area (Å²) in [5.41, 5.74) is 5.41. The summed E-state index contributed by atoms with van der Waals surface area (Å²) in [6.45, 7) is 0. The molecule has 0 unspecified atom stereocenters. The number of nitrogens with two attached hydrogens (primary N) is 1. The number of hydrogen-bond donors (Lipinski definition) is 1. The van der Waals surface area contributed by atoms with Crippen molar-refractivity contribution >= 4 is 28.1 Å². The van der Waals surface area contributed by atoms with E-state index in [9.17, 15) is 8.78 Å². The van der Waals surface area contributed by atoms with E-state index in [2.05, 4.69) is 4.98 Å². The Labute approximate surface area is 93.3 Å². The van der Waals surface area contributed by atoms with E-state index >= 15 is 0 Å². The van der Waals surface area contributed by atoms with Gasteiger partial charge in [0.25, 0.3) is 0 Å². The van der Waals surface area contributed by atoms with Gasteiger partial charge in [-0.05, 0) is 12.1 Å². The maximum Gasteiger partial charge on any atom is 0.180 e. The molecule has 0 aliphatic rings. The van der Waals surface area contributed by atoms with Crippen LogP contribution in [0.5, 0.6) is 0 Å². The van der Waals surface area contributed by atoms with Gasteiger partial charge in [-0.1, -0.05) is 22.9 Å². The average Bonchev–Trinajstić information content (AvgIpc) is 2.59. The number of benzene rings is 1. The third kappa shape index (κ3) is 1.80. The number of thiazole rings is 1.